The number of benzene rings is 2. The summed E-state index contributed by atoms with van der Waals surface area (Å²) in [5, 5.41) is 2.36. The van der Waals surface area contributed by atoms with Crippen molar-refractivity contribution in [1.82, 2.24) is 0 Å². The van der Waals surface area contributed by atoms with E-state index in [9.17, 15) is 22.0 Å². The van der Waals surface area contributed by atoms with Crippen LogP contribution in [0.4, 0.5) is 20.2 Å². The van der Waals surface area contributed by atoms with Crippen LogP contribution in [0.15, 0.2) is 35.2 Å². The molecular formula is C15H11ClF2N2O4S. The molecule has 1 aliphatic rings. The molecule has 2 aromatic rings. The van der Waals surface area contributed by atoms with Crippen molar-refractivity contribution in [2.24, 2.45) is 0 Å². The Labute approximate surface area is 146 Å². The molecule has 1 atom stereocenters. The molecule has 1 heterocycles. The van der Waals surface area contributed by atoms with E-state index in [2.05, 4.69) is 10.0 Å². The molecule has 132 valence electrons. The number of anilines is 2. The summed E-state index contributed by atoms with van der Waals surface area (Å²) in [7, 11) is -4.20. The second-order valence-electron chi connectivity index (χ2n) is 5.26. The van der Waals surface area contributed by atoms with Crippen LogP contribution < -0.4 is 14.8 Å². The van der Waals surface area contributed by atoms with Gasteiger partial charge in [-0.15, -0.1) is 0 Å². The Morgan fingerprint density at radius 3 is 2.60 bits per heavy atom. The number of halogens is 3. The summed E-state index contributed by atoms with van der Waals surface area (Å²) >= 11 is 5.99. The van der Waals surface area contributed by atoms with Crippen molar-refractivity contribution in [2.45, 2.75) is 17.9 Å². The van der Waals surface area contributed by atoms with Crippen molar-refractivity contribution in [2.75, 3.05) is 10.0 Å². The molecule has 1 aliphatic heterocycles. The molecular weight excluding hydrogens is 378 g/mol. The molecule has 0 bridgehead atoms. The molecule has 10 heteroatoms. The monoisotopic (exact) mass is 388 g/mol. The smallest absolute Gasteiger partial charge is 0.265 e. The number of amides is 1. The van der Waals surface area contributed by atoms with Gasteiger partial charge in [0, 0.05) is 12.1 Å². The molecule has 0 saturated carbocycles. The number of carbonyl (C=O) groups excluding carboxylic acids is 1. The van der Waals surface area contributed by atoms with Crippen molar-refractivity contribution < 1.29 is 26.7 Å². The van der Waals surface area contributed by atoms with Crippen LogP contribution in [0.3, 0.4) is 0 Å². The Morgan fingerprint density at radius 1 is 1.20 bits per heavy atom. The molecule has 6 nitrogen and oxygen atoms in total. The summed E-state index contributed by atoms with van der Waals surface area (Å²) < 4.78 is 58.6. The van der Waals surface area contributed by atoms with Crippen LogP contribution in [0.2, 0.25) is 5.02 Å². The predicted molar refractivity (Wildman–Crippen MR) is 87.3 cm³/mol. The number of ether oxygens (including phenoxy) is 1. The fourth-order valence-corrected chi connectivity index (χ4v) is 3.78. The highest BCUT2D eigenvalue weighted by Crippen LogP contribution is 2.37. The van der Waals surface area contributed by atoms with E-state index in [1.54, 1.807) is 0 Å². The second kappa shape index (κ2) is 6.16. The zero-order valence-electron chi connectivity index (χ0n) is 12.6. The highest BCUT2D eigenvalue weighted by molar-refractivity contribution is 7.92. The van der Waals surface area contributed by atoms with Crippen molar-refractivity contribution in [3.63, 3.8) is 0 Å². The number of fused-ring (bicyclic) bond motifs is 1. The molecule has 0 radical (unpaired) electrons. The number of carbonyl (C=O) groups is 1. The van der Waals surface area contributed by atoms with Gasteiger partial charge in [-0.05, 0) is 25.1 Å². The van der Waals surface area contributed by atoms with Gasteiger partial charge < -0.3 is 10.1 Å². The largest absolute Gasteiger partial charge is 0.479 e. The molecule has 2 aromatic carbocycles. The minimum Gasteiger partial charge on any atom is -0.479 e. The summed E-state index contributed by atoms with van der Waals surface area (Å²) in [6, 6.07) is 4.96. The minimum absolute atomic E-state index is 0.127. The van der Waals surface area contributed by atoms with Gasteiger partial charge in [-0.25, -0.2) is 17.2 Å². The lowest BCUT2D eigenvalue weighted by Crippen LogP contribution is -2.34. The van der Waals surface area contributed by atoms with Gasteiger partial charge in [-0.3, -0.25) is 9.52 Å². The van der Waals surface area contributed by atoms with E-state index in [0.29, 0.717) is 6.07 Å². The quantitative estimate of drug-likeness (QED) is 0.846. The molecule has 0 fully saturated rings. The number of rotatable bonds is 3. The first kappa shape index (κ1) is 17.4. The van der Waals surface area contributed by atoms with E-state index in [1.807, 2.05) is 0 Å². The number of nitrogens with one attached hydrogen (secondary N) is 2. The lowest BCUT2D eigenvalue weighted by Gasteiger charge is -2.24. The molecule has 0 saturated heterocycles. The van der Waals surface area contributed by atoms with E-state index >= 15 is 0 Å². The molecule has 3 rings (SSSR count). The Hall–Kier alpha value is -2.39. The van der Waals surface area contributed by atoms with Gasteiger partial charge in [0.2, 0.25) is 0 Å². The standard InChI is InChI=1S/C15H11ClF2N2O4S/c1-7-15(21)19-12-5-9(16)14(6-13(12)24-7)25(22,23)20-8-2-3-10(17)11(18)4-8/h2-7,20H,1H3,(H,19,21). The fourth-order valence-electron chi connectivity index (χ4n) is 2.18. The highest BCUT2D eigenvalue weighted by atomic mass is 35.5. The maximum Gasteiger partial charge on any atom is 0.265 e. The number of hydrogen-bond acceptors (Lipinski definition) is 4. The Morgan fingerprint density at radius 2 is 1.92 bits per heavy atom. The average Bonchev–Trinajstić information content (AvgIpc) is 2.51. The molecule has 0 spiro atoms. The lowest BCUT2D eigenvalue weighted by atomic mass is 10.2. The molecule has 2 N–H and O–H groups in total. The van der Waals surface area contributed by atoms with Crippen molar-refractivity contribution in [3.8, 4) is 5.75 Å². The van der Waals surface area contributed by atoms with Crippen LogP contribution in [0, 0.1) is 11.6 Å². The summed E-state index contributed by atoms with van der Waals surface area (Å²) in [5.74, 6) is -2.56. The van der Waals surface area contributed by atoms with Crippen LogP contribution in [0.5, 0.6) is 5.75 Å². The van der Waals surface area contributed by atoms with Crippen LogP contribution in [0.1, 0.15) is 6.92 Å². The molecule has 0 aliphatic carbocycles. The van der Waals surface area contributed by atoms with E-state index in [-0.39, 0.29) is 32.9 Å². The van der Waals surface area contributed by atoms with Crippen LogP contribution in [0.25, 0.3) is 0 Å². The molecule has 25 heavy (non-hydrogen) atoms. The molecule has 1 unspecified atom stereocenters. The van der Waals surface area contributed by atoms with Gasteiger partial charge in [0.25, 0.3) is 15.9 Å². The fraction of sp³-hybridized carbons (Fsp3) is 0.133. The third kappa shape index (κ3) is 3.38. The zero-order valence-corrected chi connectivity index (χ0v) is 14.2. The SMILES string of the molecule is CC1Oc2cc(S(=O)(=O)Nc3ccc(F)c(F)c3)c(Cl)cc2NC1=O. The normalized spacial score (nSPS) is 16.6. The number of sulfonamides is 1. The van der Waals surface area contributed by atoms with E-state index in [0.717, 1.165) is 18.2 Å². The van der Waals surface area contributed by atoms with Crippen LogP contribution in [-0.2, 0) is 14.8 Å². The van der Waals surface area contributed by atoms with Crippen LogP contribution >= 0.6 is 11.6 Å². The van der Waals surface area contributed by atoms with Gasteiger partial charge in [-0.1, -0.05) is 11.6 Å². The maximum atomic E-state index is 13.2. The zero-order chi connectivity index (χ0) is 18.4. The molecule has 0 aromatic heterocycles. The second-order valence-corrected chi connectivity index (χ2v) is 7.32. The highest BCUT2D eigenvalue weighted by Gasteiger charge is 2.28. The third-order valence-corrected chi connectivity index (χ3v) is 5.27. The Kier molecular flexibility index (Phi) is 4.29. The first-order valence-electron chi connectivity index (χ1n) is 6.96. The van der Waals surface area contributed by atoms with Crippen molar-refractivity contribution in [3.05, 3.63) is 47.0 Å². The summed E-state index contributed by atoms with van der Waals surface area (Å²) in [4.78, 5) is 11.2. The Bertz CT molecular complexity index is 982. The van der Waals surface area contributed by atoms with Gasteiger partial charge in [0.05, 0.1) is 16.4 Å². The summed E-state index contributed by atoms with van der Waals surface area (Å²) in [6.45, 7) is 1.50. The van der Waals surface area contributed by atoms with E-state index in [4.69, 9.17) is 16.3 Å². The third-order valence-electron chi connectivity index (χ3n) is 3.43. The van der Waals surface area contributed by atoms with Crippen molar-refractivity contribution in [1.29, 1.82) is 0 Å². The Balaban J connectivity index is 1.98. The van der Waals surface area contributed by atoms with Gasteiger partial charge in [0.15, 0.2) is 17.7 Å². The maximum absolute atomic E-state index is 13.2. The first-order valence-corrected chi connectivity index (χ1v) is 8.82. The van der Waals surface area contributed by atoms with Gasteiger partial charge in [0.1, 0.15) is 10.6 Å². The average molecular weight is 389 g/mol. The first-order chi connectivity index (χ1) is 11.7. The molecule has 1 amide bonds. The van der Waals surface area contributed by atoms with E-state index in [1.165, 1.54) is 13.0 Å². The minimum atomic E-state index is -4.20. The van der Waals surface area contributed by atoms with E-state index < -0.39 is 27.8 Å². The van der Waals surface area contributed by atoms with Gasteiger partial charge in [-0.2, -0.15) is 0 Å². The van der Waals surface area contributed by atoms with Gasteiger partial charge >= 0.3 is 0 Å². The summed E-state index contributed by atoms with van der Waals surface area (Å²) in [5.41, 5.74) is 0.0650. The predicted octanol–water partition coefficient (Wildman–Crippen LogP) is 3.14. The van der Waals surface area contributed by atoms with Crippen LogP contribution in [-0.4, -0.2) is 20.4 Å². The lowest BCUT2D eigenvalue weighted by molar-refractivity contribution is -0.122. The topological polar surface area (TPSA) is 84.5 Å². The summed E-state index contributed by atoms with van der Waals surface area (Å²) in [6.07, 6.45) is -0.802. The number of hydrogen-bond donors (Lipinski definition) is 2. The van der Waals surface area contributed by atoms with Crippen molar-refractivity contribution >= 4 is 38.9 Å².